The summed E-state index contributed by atoms with van der Waals surface area (Å²) in [5.41, 5.74) is 0.923. The van der Waals surface area contributed by atoms with Gasteiger partial charge >= 0.3 is 5.97 Å². The molecule has 6 nitrogen and oxygen atoms in total. The second-order valence-corrected chi connectivity index (χ2v) is 6.03. The van der Waals surface area contributed by atoms with Crippen molar-refractivity contribution in [3.8, 4) is 11.5 Å². The number of hydrogen-bond acceptors (Lipinski definition) is 4. The molecule has 0 saturated heterocycles. The zero-order valence-electron chi connectivity index (χ0n) is 13.5. The molecule has 1 aromatic carbocycles. The van der Waals surface area contributed by atoms with Gasteiger partial charge in [0, 0.05) is 13.0 Å². The maximum Gasteiger partial charge on any atom is 0.306 e. The Morgan fingerprint density at radius 2 is 1.91 bits per heavy atom. The van der Waals surface area contributed by atoms with E-state index in [-0.39, 0.29) is 12.3 Å². The monoisotopic (exact) mass is 387 g/mol. The Morgan fingerprint density at radius 1 is 1.26 bits per heavy atom. The number of benzene rings is 1. The first-order valence-corrected chi connectivity index (χ1v) is 8.08. The molecule has 0 heterocycles. The molecule has 1 rings (SSSR count). The largest absolute Gasteiger partial charge is 0.496 e. The quantitative estimate of drug-likeness (QED) is 0.680. The van der Waals surface area contributed by atoms with E-state index < -0.39 is 11.9 Å². The number of carbonyl (C=O) groups excluding carboxylic acids is 1. The van der Waals surface area contributed by atoms with Gasteiger partial charge in [-0.15, -0.1) is 0 Å². The third-order valence-corrected chi connectivity index (χ3v) is 4.12. The summed E-state index contributed by atoms with van der Waals surface area (Å²) in [6.45, 7) is 2.04. The Kier molecular flexibility index (Phi) is 7.88. The van der Waals surface area contributed by atoms with Crippen molar-refractivity contribution < 1.29 is 24.2 Å². The van der Waals surface area contributed by atoms with Gasteiger partial charge in [-0.3, -0.25) is 9.59 Å². The molecule has 1 aromatic rings. The minimum absolute atomic E-state index is 0.152. The SMILES string of the molecule is COc1cc(CCNC(=O)CCC(C)C(=O)O)c(OC)cc1Br. The highest BCUT2D eigenvalue weighted by molar-refractivity contribution is 9.10. The maximum absolute atomic E-state index is 11.7. The second-order valence-electron chi connectivity index (χ2n) is 5.18. The molecule has 0 bridgehead atoms. The summed E-state index contributed by atoms with van der Waals surface area (Å²) >= 11 is 3.40. The molecule has 0 saturated carbocycles. The van der Waals surface area contributed by atoms with Crippen LogP contribution in [0.4, 0.5) is 0 Å². The minimum atomic E-state index is -0.885. The topological polar surface area (TPSA) is 84.9 Å². The van der Waals surface area contributed by atoms with Crippen LogP contribution >= 0.6 is 15.9 Å². The van der Waals surface area contributed by atoms with Crippen molar-refractivity contribution in [3.63, 3.8) is 0 Å². The molecule has 0 aliphatic heterocycles. The molecular weight excluding hydrogens is 366 g/mol. The van der Waals surface area contributed by atoms with E-state index in [1.54, 1.807) is 21.1 Å². The van der Waals surface area contributed by atoms with Gasteiger partial charge in [-0.2, -0.15) is 0 Å². The summed E-state index contributed by atoms with van der Waals surface area (Å²) in [6, 6.07) is 3.69. The summed E-state index contributed by atoms with van der Waals surface area (Å²) < 4.78 is 11.4. The van der Waals surface area contributed by atoms with E-state index in [4.69, 9.17) is 14.6 Å². The zero-order chi connectivity index (χ0) is 17.4. The average Bonchev–Trinajstić information content (AvgIpc) is 2.53. The van der Waals surface area contributed by atoms with Crippen LogP contribution in [-0.4, -0.2) is 37.7 Å². The Morgan fingerprint density at radius 3 is 2.48 bits per heavy atom. The van der Waals surface area contributed by atoms with Gasteiger partial charge in [-0.25, -0.2) is 0 Å². The smallest absolute Gasteiger partial charge is 0.306 e. The minimum Gasteiger partial charge on any atom is -0.496 e. The van der Waals surface area contributed by atoms with Gasteiger partial charge in [-0.05, 0) is 46.5 Å². The van der Waals surface area contributed by atoms with E-state index in [9.17, 15) is 9.59 Å². The van der Waals surface area contributed by atoms with Crippen molar-refractivity contribution in [2.24, 2.45) is 5.92 Å². The van der Waals surface area contributed by atoms with Gasteiger partial charge in [0.15, 0.2) is 0 Å². The molecule has 128 valence electrons. The first-order valence-electron chi connectivity index (χ1n) is 7.29. The Labute approximate surface area is 144 Å². The van der Waals surface area contributed by atoms with Crippen molar-refractivity contribution in [1.82, 2.24) is 5.32 Å². The first kappa shape index (κ1) is 19.3. The first-order chi connectivity index (χ1) is 10.9. The lowest BCUT2D eigenvalue weighted by molar-refractivity contribution is -0.141. The third kappa shape index (κ3) is 6.09. The summed E-state index contributed by atoms with van der Waals surface area (Å²) in [5, 5.41) is 11.6. The van der Waals surface area contributed by atoms with Gasteiger partial charge < -0.3 is 19.9 Å². The van der Waals surface area contributed by atoms with Gasteiger partial charge in [0.2, 0.25) is 5.91 Å². The number of nitrogens with one attached hydrogen (secondary N) is 1. The van der Waals surface area contributed by atoms with Crippen LogP contribution < -0.4 is 14.8 Å². The number of halogens is 1. The van der Waals surface area contributed by atoms with Crippen LogP contribution in [0.15, 0.2) is 16.6 Å². The van der Waals surface area contributed by atoms with Crippen LogP contribution in [0.1, 0.15) is 25.3 Å². The van der Waals surface area contributed by atoms with Crippen molar-refractivity contribution in [1.29, 1.82) is 0 Å². The van der Waals surface area contributed by atoms with E-state index in [0.717, 1.165) is 10.0 Å². The summed E-state index contributed by atoms with van der Waals surface area (Å²) in [5.74, 6) is -0.143. The second kappa shape index (κ2) is 9.39. The lowest BCUT2D eigenvalue weighted by atomic mass is 10.1. The van der Waals surface area contributed by atoms with E-state index in [0.29, 0.717) is 30.9 Å². The Balaban J connectivity index is 2.52. The van der Waals surface area contributed by atoms with Crippen molar-refractivity contribution in [3.05, 3.63) is 22.2 Å². The lowest BCUT2D eigenvalue weighted by Gasteiger charge is -2.13. The summed E-state index contributed by atoms with van der Waals surface area (Å²) in [7, 11) is 3.17. The van der Waals surface area contributed by atoms with E-state index in [2.05, 4.69) is 21.2 Å². The fourth-order valence-corrected chi connectivity index (χ4v) is 2.50. The molecule has 1 atom stereocenters. The van der Waals surface area contributed by atoms with Gasteiger partial charge in [-0.1, -0.05) is 6.92 Å². The molecule has 7 heteroatoms. The van der Waals surface area contributed by atoms with Crippen LogP contribution in [0.2, 0.25) is 0 Å². The fourth-order valence-electron chi connectivity index (χ4n) is 2.02. The van der Waals surface area contributed by atoms with Crippen molar-refractivity contribution in [2.45, 2.75) is 26.2 Å². The van der Waals surface area contributed by atoms with Crippen LogP contribution in [0.5, 0.6) is 11.5 Å². The van der Waals surface area contributed by atoms with Gasteiger partial charge in [0.05, 0.1) is 24.6 Å². The number of carboxylic acids is 1. The molecule has 0 aromatic heterocycles. The van der Waals surface area contributed by atoms with Crippen LogP contribution in [0.3, 0.4) is 0 Å². The Hall–Kier alpha value is -1.76. The number of methoxy groups -OCH3 is 2. The molecular formula is C16H22BrNO5. The van der Waals surface area contributed by atoms with Crippen LogP contribution in [0, 0.1) is 5.92 Å². The summed E-state index contributed by atoms with van der Waals surface area (Å²) in [6.07, 6.45) is 1.12. The number of ether oxygens (including phenoxy) is 2. The van der Waals surface area contributed by atoms with Crippen LogP contribution in [0.25, 0.3) is 0 Å². The highest BCUT2D eigenvalue weighted by Crippen LogP contribution is 2.32. The molecule has 1 amide bonds. The van der Waals surface area contributed by atoms with E-state index >= 15 is 0 Å². The standard InChI is InChI=1S/C16H22BrNO5/c1-10(16(20)21)4-5-15(19)18-7-6-11-8-14(23-3)12(17)9-13(11)22-2/h8-10H,4-7H2,1-3H3,(H,18,19)(H,20,21). The maximum atomic E-state index is 11.7. The lowest BCUT2D eigenvalue weighted by Crippen LogP contribution is -2.26. The normalized spacial score (nSPS) is 11.7. The number of aliphatic carboxylic acids is 1. The third-order valence-electron chi connectivity index (χ3n) is 3.50. The molecule has 0 aliphatic rings. The molecule has 0 fully saturated rings. The number of amides is 1. The fraction of sp³-hybridized carbons (Fsp3) is 0.500. The number of hydrogen-bond donors (Lipinski definition) is 2. The average molecular weight is 388 g/mol. The Bertz CT molecular complexity index is 562. The van der Waals surface area contributed by atoms with Gasteiger partial charge in [0.1, 0.15) is 11.5 Å². The molecule has 2 N–H and O–H groups in total. The molecule has 23 heavy (non-hydrogen) atoms. The van der Waals surface area contributed by atoms with E-state index in [1.807, 2.05) is 12.1 Å². The van der Waals surface area contributed by atoms with Crippen LogP contribution in [-0.2, 0) is 16.0 Å². The van der Waals surface area contributed by atoms with Crippen molar-refractivity contribution >= 4 is 27.8 Å². The molecule has 0 radical (unpaired) electrons. The highest BCUT2D eigenvalue weighted by Gasteiger charge is 2.13. The summed E-state index contributed by atoms with van der Waals surface area (Å²) in [4.78, 5) is 22.4. The molecule has 1 unspecified atom stereocenters. The predicted octanol–water partition coefficient (Wildman–Crippen LogP) is 2.63. The molecule has 0 spiro atoms. The molecule has 0 aliphatic carbocycles. The predicted molar refractivity (Wildman–Crippen MR) is 90.0 cm³/mol. The van der Waals surface area contributed by atoms with E-state index in [1.165, 1.54) is 0 Å². The number of carbonyl (C=O) groups is 2. The number of rotatable bonds is 9. The van der Waals surface area contributed by atoms with Crippen molar-refractivity contribution in [2.75, 3.05) is 20.8 Å². The number of carboxylic acid groups (broad SMARTS) is 1. The zero-order valence-corrected chi connectivity index (χ0v) is 15.1. The van der Waals surface area contributed by atoms with Gasteiger partial charge in [0.25, 0.3) is 0 Å². The highest BCUT2D eigenvalue weighted by atomic mass is 79.9.